The van der Waals surface area contributed by atoms with Gasteiger partial charge in [0.25, 0.3) is 4.92 Å². The van der Waals surface area contributed by atoms with Crippen LogP contribution in [0.5, 0.6) is 0 Å². The maximum Gasteiger partial charge on any atom is 0.339 e. The second-order valence-corrected chi connectivity index (χ2v) is 13.7. The molecule has 264 valence electrons. The van der Waals surface area contributed by atoms with Gasteiger partial charge in [0.05, 0.1) is 10.5 Å². The number of benzene rings is 5. The summed E-state index contributed by atoms with van der Waals surface area (Å²) in [5, 5.41) is 21.7. The third-order valence-corrected chi connectivity index (χ3v) is 10.8. The summed E-state index contributed by atoms with van der Waals surface area (Å²) in [6, 6.07) is 48.5. The van der Waals surface area contributed by atoms with Gasteiger partial charge in [-0.25, -0.2) is 5.21 Å². The van der Waals surface area contributed by atoms with E-state index in [0.29, 0.717) is 22.8 Å². The van der Waals surface area contributed by atoms with Crippen LogP contribution in [0.4, 0.5) is 33.4 Å². The quantitative estimate of drug-likeness (QED) is 0.112. The number of nitrogens with zero attached hydrogens (tertiary/aromatic N) is 5. The van der Waals surface area contributed by atoms with Crippen LogP contribution in [0.2, 0.25) is 0 Å². The highest BCUT2D eigenvalue weighted by Crippen LogP contribution is 2.50. The monoisotopic (exact) mass is 725 g/mol. The van der Waals surface area contributed by atoms with Crippen molar-refractivity contribution in [1.29, 1.82) is 5.26 Å². The van der Waals surface area contributed by atoms with Crippen molar-refractivity contribution in [2.75, 3.05) is 30.4 Å². The van der Waals surface area contributed by atoms with Crippen molar-refractivity contribution < 1.29 is 14.7 Å². The fourth-order valence-electron chi connectivity index (χ4n) is 6.78. The molecule has 1 heterocycles. The van der Waals surface area contributed by atoms with Gasteiger partial charge in [-0.15, -0.1) is 11.3 Å². The molecule has 0 amide bonds. The first-order valence-electron chi connectivity index (χ1n) is 17.7. The van der Waals surface area contributed by atoms with Crippen LogP contribution in [0.15, 0.2) is 169 Å². The lowest BCUT2D eigenvalue weighted by Gasteiger charge is -2.21. The minimum atomic E-state index is -0.115. The summed E-state index contributed by atoms with van der Waals surface area (Å²) in [7, 11) is 4.11. The summed E-state index contributed by atoms with van der Waals surface area (Å²) in [5.74, 6) is 0. The SMILES string of the molecule is CCN(c1ccccc1[N+](=O)O)c1sc(C(=C2C=CC(=[N+](C)c3ccccc3)C=C2)c2ccc(N(C)c3ccccc3)cc2)c(-c2ccccc2)c1C#N. The lowest BCUT2D eigenvalue weighted by Crippen LogP contribution is -2.17. The Bertz CT molecular complexity index is 2460. The van der Waals surface area contributed by atoms with Crippen LogP contribution in [0.25, 0.3) is 16.7 Å². The summed E-state index contributed by atoms with van der Waals surface area (Å²) in [6.07, 6.45) is 8.53. The Morgan fingerprint density at radius 2 is 1.33 bits per heavy atom. The molecule has 7 nitrogen and oxygen atoms in total. The average Bonchev–Trinajstić information content (AvgIpc) is 3.60. The molecule has 0 bridgehead atoms. The molecule has 7 rings (SSSR count). The minimum Gasteiger partial charge on any atom is -0.345 e. The Morgan fingerprint density at radius 3 is 1.94 bits per heavy atom. The van der Waals surface area contributed by atoms with Gasteiger partial charge in [0, 0.05) is 71.3 Å². The Labute approximate surface area is 319 Å². The molecule has 6 aromatic rings. The number of allylic oxidation sites excluding steroid dienone is 5. The lowest BCUT2D eigenvalue weighted by molar-refractivity contribution is -0.729. The third kappa shape index (κ3) is 7.01. The molecule has 0 atom stereocenters. The van der Waals surface area contributed by atoms with E-state index in [1.807, 2.05) is 84.6 Å². The largest absolute Gasteiger partial charge is 0.345 e. The van der Waals surface area contributed by atoms with Crippen molar-refractivity contribution in [3.05, 3.63) is 190 Å². The topological polar surface area (TPSA) is 73.6 Å². The van der Waals surface area contributed by atoms with Gasteiger partial charge in [-0.3, -0.25) is 0 Å². The molecule has 1 aliphatic rings. The minimum absolute atomic E-state index is 0.0971. The van der Waals surface area contributed by atoms with E-state index in [0.717, 1.165) is 55.5 Å². The van der Waals surface area contributed by atoms with Crippen molar-refractivity contribution in [3.63, 3.8) is 0 Å². The van der Waals surface area contributed by atoms with Gasteiger partial charge in [0.2, 0.25) is 11.4 Å². The van der Waals surface area contributed by atoms with Crippen molar-refractivity contribution in [3.8, 4) is 17.2 Å². The maximum absolute atomic E-state index is 12.3. The van der Waals surface area contributed by atoms with Crippen molar-refractivity contribution in [1.82, 2.24) is 0 Å². The van der Waals surface area contributed by atoms with Gasteiger partial charge < -0.3 is 9.80 Å². The summed E-state index contributed by atoms with van der Waals surface area (Å²) in [6.45, 7) is 2.42. The van der Waals surface area contributed by atoms with E-state index < -0.39 is 0 Å². The number of para-hydroxylation sites is 4. The molecule has 0 saturated heterocycles. The Balaban J connectivity index is 1.47. The van der Waals surface area contributed by atoms with E-state index in [-0.39, 0.29) is 10.6 Å². The van der Waals surface area contributed by atoms with E-state index in [1.165, 1.54) is 11.3 Å². The number of hydrogen-bond acceptors (Lipinski definition) is 5. The summed E-state index contributed by atoms with van der Waals surface area (Å²) >= 11 is 1.51. The number of nitriles is 1. The van der Waals surface area contributed by atoms with E-state index >= 15 is 0 Å². The maximum atomic E-state index is 12.3. The van der Waals surface area contributed by atoms with Gasteiger partial charge in [-0.05, 0) is 66.1 Å². The molecule has 1 aromatic heterocycles. The van der Waals surface area contributed by atoms with Crippen molar-refractivity contribution in [2.45, 2.75) is 6.92 Å². The third-order valence-electron chi connectivity index (χ3n) is 9.60. The van der Waals surface area contributed by atoms with Gasteiger partial charge in [0.1, 0.15) is 23.8 Å². The predicted octanol–water partition coefficient (Wildman–Crippen LogP) is 11.4. The van der Waals surface area contributed by atoms with Crippen molar-refractivity contribution in [2.24, 2.45) is 0 Å². The molecule has 5 aromatic carbocycles. The first-order chi connectivity index (χ1) is 26.4. The van der Waals surface area contributed by atoms with Gasteiger partial charge in [-0.1, -0.05) is 91.0 Å². The smallest absolute Gasteiger partial charge is 0.339 e. The zero-order valence-electron chi connectivity index (χ0n) is 30.3. The summed E-state index contributed by atoms with van der Waals surface area (Å²) in [4.78, 5) is 17.2. The molecule has 0 unspecified atom stereocenters. The molecular weight excluding hydrogens is 687 g/mol. The molecule has 0 spiro atoms. The van der Waals surface area contributed by atoms with Crippen LogP contribution in [-0.2, 0) is 0 Å². The summed E-state index contributed by atoms with van der Waals surface area (Å²) < 4.78 is 2.15. The molecule has 1 N–H and O–H groups in total. The zero-order valence-corrected chi connectivity index (χ0v) is 31.1. The molecule has 0 saturated carbocycles. The second kappa shape index (κ2) is 15.8. The van der Waals surface area contributed by atoms with Gasteiger partial charge in [-0.2, -0.15) is 9.84 Å². The highest BCUT2D eigenvalue weighted by atomic mass is 32.1. The van der Waals surface area contributed by atoms with Crippen LogP contribution in [-0.4, -0.2) is 41.1 Å². The number of anilines is 4. The first kappa shape index (κ1) is 35.6. The Hall–Kier alpha value is -6.82. The van der Waals surface area contributed by atoms with Crippen LogP contribution in [0.1, 0.15) is 22.9 Å². The Kier molecular flexibility index (Phi) is 10.4. The lowest BCUT2D eigenvalue weighted by atomic mass is 9.90. The average molecular weight is 726 g/mol. The van der Waals surface area contributed by atoms with Crippen LogP contribution in [0.3, 0.4) is 0 Å². The highest BCUT2D eigenvalue weighted by Gasteiger charge is 2.31. The first-order valence-corrected chi connectivity index (χ1v) is 18.5. The Morgan fingerprint density at radius 1 is 0.759 bits per heavy atom. The number of rotatable bonds is 10. The second-order valence-electron chi connectivity index (χ2n) is 12.7. The fraction of sp³-hybridized carbons (Fsp3) is 0.0870. The predicted molar refractivity (Wildman–Crippen MR) is 221 cm³/mol. The van der Waals surface area contributed by atoms with Crippen LogP contribution < -0.4 is 9.80 Å². The highest BCUT2D eigenvalue weighted by molar-refractivity contribution is 7.18. The standard InChI is InChI=1S/C46H39N5O2S/c1-4-50(41-22-14-15-23-42(41)51(52)53)46-40(32-47)44(33-16-8-5-9-17-33)45(54-46)43(34-24-28-38(29-25-34)48(2)36-18-10-6-11-19-36)35-26-30-39(31-27-35)49(3)37-20-12-7-13-21-37/h5-31H,4H2,1-3H3,(H,52,53)/q+2. The van der Waals surface area contributed by atoms with Gasteiger partial charge >= 0.3 is 5.69 Å². The van der Waals surface area contributed by atoms with Crippen molar-refractivity contribution >= 4 is 56.1 Å². The van der Waals surface area contributed by atoms with E-state index in [1.54, 1.807) is 18.2 Å². The zero-order chi connectivity index (χ0) is 37.6. The fourth-order valence-corrected chi connectivity index (χ4v) is 8.22. The van der Waals surface area contributed by atoms with Crippen LogP contribution >= 0.6 is 11.3 Å². The molecule has 8 heteroatoms. The number of hydrogen-bond donors (Lipinski definition) is 1. The van der Waals surface area contributed by atoms with Gasteiger partial charge in [0.15, 0.2) is 0 Å². The number of thiophene rings is 1. The van der Waals surface area contributed by atoms with Crippen LogP contribution in [0, 0.1) is 16.2 Å². The van der Waals surface area contributed by atoms with E-state index in [9.17, 15) is 15.4 Å². The molecule has 0 fully saturated rings. The van der Waals surface area contributed by atoms with E-state index in [2.05, 4.69) is 102 Å². The molecular formula is C46H39N5O2S+2. The molecule has 0 aliphatic heterocycles. The van der Waals surface area contributed by atoms with E-state index in [4.69, 9.17) is 0 Å². The molecule has 1 aliphatic carbocycles. The summed E-state index contributed by atoms with van der Waals surface area (Å²) in [5.41, 5.74) is 10.0. The molecule has 54 heavy (non-hydrogen) atoms. The normalized spacial score (nSPS) is 12.0. The molecule has 0 radical (unpaired) electrons.